The molecule has 1 fully saturated rings. The molecule has 0 aliphatic carbocycles. The van der Waals surface area contributed by atoms with Gasteiger partial charge in [0.15, 0.2) is 0 Å². The number of amides is 1. The van der Waals surface area contributed by atoms with Crippen LogP contribution in [0.3, 0.4) is 0 Å². The lowest BCUT2D eigenvalue weighted by Crippen LogP contribution is -2.45. The molecule has 92 valence electrons. The van der Waals surface area contributed by atoms with E-state index in [-0.39, 0.29) is 10.9 Å². The highest BCUT2D eigenvalue weighted by Crippen LogP contribution is 2.22. The van der Waals surface area contributed by atoms with Gasteiger partial charge in [-0.1, -0.05) is 11.6 Å². The van der Waals surface area contributed by atoms with Crippen LogP contribution >= 0.6 is 11.6 Å². The van der Waals surface area contributed by atoms with Crippen LogP contribution < -0.4 is 10.6 Å². The summed E-state index contributed by atoms with van der Waals surface area (Å²) in [6, 6.07) is 3.81. The molecule has 1 aliphatic rings. The van der Waals surface area contributed by atoms with E-state index in [0.717, 1.165) is 12.6 Å². The maximum Gasteiger partial charge on any atom is 0.254 e. The maximum absolute atomic E-state index is 12.8. The second-order valence-electron chi connectivity index (χ2n) is 3.68. The lowest BCUT2D eigenvalue weighted by molar-refractivity contribution is -0.128. The van der Waals surface area contributed by atoms with Crippen molar-refractivity contribution >= 4 is 23.2 Å². The summed E-state index contributed by atoms with van der Waals surface area (Å²) < 4.78 is 18.1. The Hall–Kier alpha value is -1.17. The van der Waals surface area contributed by atoms with Crippen LogP contribution in [0.1, 0.15) is 0 Å². The van der Waals surface area contributed by atoms with Gasteiger partial charge in [0.2, 0.25) is 0 Å². The lowest BCUT2D eigenvalue weighted by atomic mass is 10.2. The monoisotopic (exact) mass is 258 g/mol. The van der Waals surface area contributed by atoms with Crippen molar-refractivity contribution in [3.8, 4) is 0 Å². The molecule has 0 unspecified atom stereocenters. The van der Waals surface area contributed by atoms with Crippen molar-refractivity contribution in [1.82, 2.24) is 5.32 Å². The van der Waals surface area contributed by atoms with Crippen molar-refractivity contribution in [2.45, 2.75) is 6.10 Å². The average Bonchev–Trinajstić information content (AvgIpc) is 2.34. The molecule has 0 bridgehead atoms. The molecule has 1 heterocycles. The second-order valence-corrected chi connectivity index (χ2v) is 4.08. The molecule has 1 atom stereocenters. The van der Waals surface area contributed by atoms with Crippen molar-refractivity contribution in [1.29, 1.82) is 0 Å². The minimum absolute atomic E-state index is 0.169. The Bertz CT molecular complexity index is 422. The van der Waals surface area contributed by atoms with Gasteiger partial charge in [0.05, 0.1) is 17.3 Å². The first kappa shape index (κ1) is 12.3. The predicted molar refractivity (Wildman–Crippen MR) is 62.6 cm³/mol. The van der Waals surface area contributed by atoms with Crippen molar-refractivity contribution in [2.24, 2.45) is 0 Å². The van der Waals surface area contributed by atoms with Gasteiger partial charge in [-0.25, -0.2) is 4.39 Å². The number of rotatable bonds is 2. The number of benzene rings is 1. The number of hydrogen-bond acceptors (Lipinski definition) is 3. The van der Waals surface area contributed by atoms with Crippen LogP contribution in [-0.4, -0.2) is 31.7 Å². The van der Waals surface area contributed by atoms with Gasteiger partial charge in [0.25, 0.3) is 5.91 Å². The van der Waals surface area contributed by atoms with Crippen molar-refractivity contribution in [3.05, 3.63) is 29.0 Å². The summed E-state index contributed by atoms with van der Waals surface area (Å²) in [5.41, 5.74) is 0.382. The first-order valence-electron chi connectivity index (χ1n) is 5.25. The van der Waals surface area contributed by atoms with Crippen LogP contribution in [0, 0.1) is 5.82 Å². The molecule has 1 amide bonds. The SMILES string of the molecule is O=C(Nc1ccc(F)cc1Cl)[C@@H]1CNCCO1. The van der Waals surface area contributed by atoms with Gasteiger partial charge in [-0.2, -0.15) is 0 Å². The molecule has 0 saturated carbocycles. The minimum Gasteiger partial charge on any atom is -0.366 e. The highest BCUT2D eigenvalue weighted by atomic mass is 35.5. The number of morpholine rings is 1. The van der Waals surface area contributed by atoms with E-state index in [1.54, 1.807) is 0 Å². The van der Waals surface area contributed by atoms with Crippen LogP contribution in [0.25, 0.3) is 0 Å². The van der Waals surface area contributed by atoms with E-state index in [1.807, 2.05) is 0 Å². The molecular weight excluding hydrogens is 247 g/mol. The third-order valence-corrected chi connectivity index (χ3v) is 2.72. The van der Waals surface area contributed by atoms with Gasteiger partial charge in [-0.3, -0.25) is 4.79 Å². The number of carbonyl (C=O) groups is 1. The lowest BCUT2D eigenvalue weighted by Gasteiger charge is -2.22. The molecule has 1 aromatic rings. The van der Waals surface area contributed by atoms with Crippen molar-refractivity contribution < 1.29 is 13.9 Å². The smallest absolute Gasteiger partial charge is 0.254 e. The molecule has 0 aromatic heterocycles. The first-order valence-corrected chi connectivity index (χ1v) is 5.63. The average molecular weight is 259 g/mol. The van der Waals surface area contributed by atoms with Crippen LogP contribution in [0.15, 0.2) is 18.2 Å². The number of hydrogen-bond donors (Lipinski definition) is 2. The Balaban J connectivity index is 2.02. The van der Waals surface area contributed by atoms with Gasteiger partial charge >= 0.3 is 0 Å². The second kappa shape index (κ2) is 5.44. The molecule has 6 heteroatoms. The van der Waals surface area contributed by atoms with Crippen molar-refractivity contribution in [2.75, 3.05) is 25.0 Å². The summed E-state index contributed by atoms with van der Waals surface area (Å²) >= 11 is 5.80. The number of halogens is 2. The van der Waals surface area contributed by atoms with Crippen LogP contribution in [-0.2, 0) is 9.53 Å². The zero-order chi connectivity index (χ0) is 12.3. The third-order valence-electron chi connectivity index (χ3n) is 2.41. The largest absolute Gasteiger partial charge is 0.366 e. The Morgan fingerprint density at radius 1 is 1.59 bits per heavy atom. The third kappa shape index (κ3) is 3.15. The summed E-state index contributed by atoms with van der Waals surface area (Å²) in [6.07, 6.45) is -0.537. The van der Waals surface area contributed by atoms with E-state index in [0.29, 0.717) is 18.8 Å². The Kier molecular flexibility index (Phi) is 3.93. The molecule has 0 spiro atoms. The Morgan fingerprint density at radius 2 is 2.41 bits per heavy atom. The molecule has 0 radical (unpaired) electrons. The standard InChI is InChI=1S/C11H12ClFN2O2/c12-8-5-7(13)1-2-9(8)15-11(16)10-6-14-3-4-17-10/h1-2,5,10,14H,3-4,6H2,(H,15,16)/t10-/m0/s1. The maximum atomic E-state index is 12.8. The molecule has 2 N–H and O–H groups in total. The zero-order valence-corrected chi connectivity index (χ0v) is 9.76. The van der Waals surface area contributed by atoms with E-state index in [9.17, 15) is 9.18 Å². The van der Waals surface area contributed by atoms with Crippen LogP contribution in [0.4, 0.5) is 10.1 Å². The van der Waals surface area contributed by atoms with Crippen LogP contribution in [0.2, 0.25) is 5.02 Å². The van der Waals surface area contributed by atoms with Gasteiger partial charge in [0.1, 0.15) is 11.9 Å². The first-order chi connectivity index (χ1) is 8.16. The van der Waals surface area contributed by atoms with E-state index < -0.39 is 11.9 Å². The predicted octanol–water partition coefficient (Wildman–Crippen LogP) is 1.41. The Morgan fingerprint density at radius 3 is 3.06 bits per heavy atom. The van der Waals surface area contributed by atoms with Gasteiger partial charge in [-0.15, -0.1) is 0 Å². The molecule has 17 heavy (non-hydrogen) atoms. The van der Waals surface area contributed by atoms with E-state index >= 15 is 0 Å². The molecule has 1 saturated heterocycles. The number of nitrogens with one attached hydrogen (secondary N) is 2. The van der Waals surface area contributed by atoms with Gasteiger partial charge < -0.3 is 15.4 Å². The quantitative estimate of drug-likeness (QED) is 0.843. The normalized spacial score (nSPS) is 20.0. The fourth-order valence-electron chi connectivity index (χ4n) is 1.54. The highest BCUT2D eigenvalue weighted by molar-refractivity contribution is 6.33. The van der Waals surface area contributed by atoms with E-state index in [2.05, 4.69) is 10.6 Å². The fourth-order valence-corrected chi connectivity index (χ4v) is 1.75. The minimum atomic E-state index is -0.537. The Labute approximate surface area is 103 Å². The zero-order valence-electron chi connectivity index (χ0n) is 9.00. The molecule has 4 nitrogen and oxygen atoms in total. The summed E-state index contributed by atoms with van der Waals surface area (Å²) in [7, 11) is 0. The molecule has 2 rings (SSSR count). The van der Waals surface area contributed by atoms with E-state index in [4.69, 9.17) is 16.3 Å². The fraction of sp³-hybridized carbons (Fsp3) is 0.364. The summed E-state index contributed by atoms with van der Waals surface area (Å²) in [5, 5.41) is 5.82. The number of anilines is 1. The van der Waals surface area contributed by atoms with E-state index in [1.165, 1.54) is 12.1 Å². The molecular formula is C11H12ClFN2O2. The van der Waals surface area contributed by atoms with Gasteiger partial charge in [0, 0.05) is 13.1 Å². The number of ether oxygens (including phenoxy) is 1. The van der Waals surface area contributed by atoms with Gasteiger partial charge in [-0.05, 0) is 18.2 Å². The topological polar surface area (TPSA) is 50.4 Å². The summed E-state index contributed by atoms with van der Waals surface area (Å²) in [4.78, 5) is 11.8. The summed E-state index contributed by atoms with van der Waals surface area (Å²) in [5.74, 6) is -0.728. The number of carbonyl (C=O) groups excluding carboxylic acids is 1. The highest BCUT2D eigenvalue weighted by Gasteiger charge is 2.22. The molecule has 1 aliphatic heterocycles. The van der Waals surface area contributed by atoms with Crippen LogP contribution in [0.5, 0.6) is 0 Å². The summed E-state index contributed by atoms with van der Waals surface area (Å²) in [6.45, 7) is 1.70. The molecule has 1 aromatic carbocycles. The van der Waals surface area contributed by atoms with Crippen molar-refractivity contribution in [3.63, 3.8) is 0 Å².